The van der Waals surface area contributed by atoms with Crippen molar-refractivity contribution in [1.29, 1.82) is 0 Å². The van der Waals surface area contributed by atoms with E-state index in [0.29, 0.717) is 22.3 Å². The van der Waals surface area contributed by atoms with Gasteiger partial charge in [0, 0.05) is 63.2 Å². The number of nitrogens with one attached hydrogen (secondary N) is 1. The lowest BCUT2D eigenvalue weighted by Crippen LogP contribution is -2.80. The summed E-state index contributed by atoms with van der Waals surface area (Å²) >= 11 is 0. The van der Waals surface area contributed by atoms with Gasteiger partial charge in [0.1, 0.15) is 23.9 Å². The van der Waals surface area contributed by atoms with Crippen LogP contribution < -0.4 is 5.32 Å². The monoisotopic (exact) mass is 833 g/mol. The molecule has 14 nitrogen and oxygen atoms in total. The highest BCUT2D eigenvalue weighted by molar-refractivity contribution is 5.97. The number of benzene rings is 2. The minimum atomic E-state index is -2.00. The molecule has 11 atom stereocenters. The fourth-order valence-electron chi connectivity index (χ4n) is 10.7. The van der Waals surface area contributed by atoms with Crippen LogP contribution in [0.5, 0.6) is 0 Å². The van der Waals surface area contributed by atoms with Crippen molar-refractivity contribution in [2.75, 3.05) is 20.8 Å². The van der Waals surface area contributed by atoms with Crippen LogP contribution in [0.2, 0.25) is 0 Å². The molecule has 2 aromatic carbocycles. The molecule has 0 aromatic heterocycles. The summed E-state index contributed by atoms with van der Waals surface area (Å²) in [5.74, 6) is -4.78. The van der Waals surface area contributed by atoms with Gasteiger partial charge in [0.25, 0.3) is 0 Å². The molecule has 3 fully saturated rings. The molecule has 2 bridgehead atoms. The van der Waals surface area contributed by atoms with Crippen LogP contribution in [0.3, 0.4) is 0 Å². The Morgan fingerprint density at radius 3 is 2.12 bits per heavy atom. The molecule has 1 heterocycles. The first-order valence-corrected chi connectivity index (χ1v) is 20.4. The molecule has 4 aliphatic rings. The number of alkyl carbamates (subject to hydrolysis) is 1. The van der Waals surface area contributed by atoms with Crippen LogP contribution in [-0.4, -0.2) is 108 Å². The third-order valence-electron chi connectivity index (χ3n) is 13.5. The van der Waals surface area contributed by atoms with Gasteiger partial charge < -0.3 is 44.0 Å². The Morgan fingerprint density at radius 2 is 1.58 bits per heavy atom. The number of rotatable bonds is 11. The second-order valence-electron chi connectivity index (χ2n) is 18.4. The molecule has 0 spiro atoms. The molecule has 1 amide bonds. The Hall–Kier alpha value is -4.47. The summed E-state index contributed by atoms with van der Waals surface area (Å²) in [4.78, 5) is 70.5. The molecule has 2 aromatic rings. The summed E-state index contributed by atoms with van der Waals surface area (Å²) in [7, 11) is 2.86. The van der Waals surface area contributed by atoms with E-state index in [-0.39, 0.29) is 31.7 Å². The smallest absolute Gasteiger partial charge is 0.408 e. The van der Waals surface area contributed by atoms with Gasteiger partial charge in [-0.05, 0) is 51.3 Å². The van der Waals surface area contributed by atoms with Crippen molar-refractivity contribution < 1.29 is 62.6 Å². The van der Waals surface area contributed by atoms with Crippen LogP contribution >= 0.6 is 0 Å². The SMILES string of the molecule is CO[C@H]1C(=O)[C@]2(C)[C@@H](OC)C[C@H]3OC[C@@]3(OC(C)=O)[C@H]2[C@H](CC(=O)c2ccccc2)[C@]2(O)C[C@H](OC(=O)[C@H](O)[C@@H](NC(=O)OC(C)(C)C)c3ccccc3)C(C)=C1C2(C)C. The molecule has 60 heavy (non-hydrogen) atoms. The molecule has 14 heteroatoms. The molecule has 0 unspecified atom stereocenters. The predicted molar refractivity (Wildman–Crippen MR) is 216 cm³/mol. The van der Waals surface area contributed by atoms with E-state index < -0.39 is 99.8 Å². The minimum Gasteiger partial charge on any atom is -0.456 e. The average molecular weight is 834 g/mol. The van der Waals surface area contributed by atoms with Gasteiger partial charge >= 0.3 is 18.0 Å². The normalized spacial score (nSPS) is 33.0. The number of aliphatic hydroxyl groups excluding tert-OH is 1. The largest absolute Gasteiger partial charge is 0.456 e. The molecule has 3 aliphatic carbocycles. The van der Waals surface area contributed by atoms with Crippen LogP contribution in [0.15, 0.2) is 71.8 Å². The Kier molecular flexibility index (Phi) is 12.3. The number of Topliss-reactive ketones (excluding diaryl/α,β-unsaturated/α-hetero) is 2. The second-order valence-corrected chi connectivity index (χ2v) is 18.4. The third kappa shape index (κ3) is 7.59. The highest BCUT2D eigenvalue weighted by Gasteiger charge is 2.77. The van der Waals surface area contributed by atoms with Crippen LogP contribution in [0.1, 0.15) is 96.6 Å². The van der Waals surface area contributed by atoms with Crippen molar-refractivity contribution in [3.05, 3.63) is 82.9 Å². The maximum Gasteiger partial charge on any atom is 0.408 e. The third-order valence-corrected chi connectivity index (χ3v) is 13.5. The summed E-state index contributed by atoms with van der Waals surface area (Å²) in [6.07, 6.45) is -7.45. The zero-order valence-electron chi connectivity index (χ0n) is 36.1. The van der Waals surface area contributed by atoms with Crippen molar-refractivity contribution in [1.82, 2.24) is 5.32 Å². The number of carbonyl (C=O) groups is 5. The average Bonchev–Trinajstić information content (AvgIpc) is 3.18. The van der Waals surface area contributed by atoms with Gasteiger partial charge in [-0.1, -0.05) is 74.5 Å². The van der Waals surface area contributed by atoms with E-state index in [1.54, 1.807) is 109 Å². The van der Waals surface area contributed by atoms with Crippen LogP contribution in [0.25, 0.3) is 0 Å². The first-order chi connectivity index (χ1) is 28.1. The maximum atomic E-state index is 15.6. The van der Waals surface area contributed by atoms with Gasteiger partial charge in [0.05, 0.1) is 29.8 Å². The number of fused-ring (bicyclic) bond motifs is 5. The van der Waals surface area contributed by atoms with Gasteiger partial charge in [0.2, 0.25) is 0 Å². The van der Waals surface area contributed by atoms with Crippen molar-refractivity contribution in [2.24, 2.45) is 22.7 Å². The zero-order valence-corrected chi connectivity index (χ0v) is 36.1. The number of esters is 2. The van der Waals surface area contributed by atoms with Gasteiger partial charge in [0.15, 0.2) is 23.3 Å². The van der Waals surface area contributed by atoms with Gasteiger partial charge in [-0.15, -0.1) is 0 Å². The molecule has 0 radical (unpaired) electrons. The lowest BCUT2D eigenvalue weighted by molar-refractivity contribution is -0.341. The summed E-state index contributed by atoms with van der Waals surface area (Å²) in [5.41, 5.74) is -5.74. The molecule has 1 saturated heterocycles. The van der Waals surface area contributed by atoms with E-state index in [2.05, 4.69) is 5.32 Å². The number of carbonyl (C=O) groups excluding carboxylic acids is 5. The van der Waals surface area contributed by atoms with Crippen LogP contribution in [0.4, 0.5) is 4.79 Å². The lowest BCUT2D eigenvalue weighted by atomic mass is 9.41. The number of ketones is 2. The molecule has 3 N–H and O–H groups in total. The summed E-state index contributed by atoms with van der Waals surface area (Å²) < 4.78 is 36.2. The fourth-order valence-corrected chi connectivity index (χ4v) is 10.7. The van der Waals surface area contributed by atoms with Crippen molar-refractivity contribution in [3.8, 4) is 0 Å². The summed E-state index contributed by atoms with van der Waals surface area (Å²) in [6.45, 7) is 13.1. The van der Waals surface area contributed by atoms with E-state index in [0.717, 1.165) is 0 Å². The maximum absolute atomic E-state index is 15.6. The molecule has 6 rings (SSSR count). The van der Waals surface area contributed by atoms with Gasteiger partial charge in [-0.3, -0.25) is 14.4 Å². The Balaban J connectivity index is 1.52. The zero-order chi connectivity index (χ0) is 44.2. The Morgan fingerprint density at radius 1 is 0.967 bits per heavy atom. The highest BCUT2D eigenvalue weighted by atomic mass is 16.6. The minimum absolute atomic E-state index is 0.108. The number of aliphatic hydroxyl groups is 2. The lowest BCUT2D eigenvalue weighted by Gasteiger charge is -2.68. The van der Waals surface area contributed by atoms with E-state index in [4.69, 9.17) is 28.4 Å². The van der Waals surface area contributed by atoms with E-state index >= 15 is 4.79 Å². The molecule has 326 valence electrons. The van der Waals surface area contributed by atoms with Crippen LogP contribution in [0, 0.1) is 22.7 Å². The Labute approximate surface area is 351 Å². The second kappa shape index (κ2) is 16.4. The topological polar surface area (TPSA) is 193 Å². The van der Waals surface area contributed by atoms with E-state index in [9.17, 15) is 29.4 Å². The number of hydrogen-bond acceptors (Lipinski definition) is 13. The summed E-state index contributed by atoms with van der Waals surface area (Å²) in [6, 6.07) is 15.6. The molecular formula is C46H59NO13. The van der Waals surface area contributed by atoms with Crippen LogP contribution in [-0.2, 0) is 42.8 Å². The molecule has 2 saturated carbocycles. The molecular weight excluding hydrogens is 774 g/mol. The quantitative estimate of drug-likeness (QED) is 0.116. The summed E-state index contributed by atoms with van der Waals surface area (Å²) in [5, 5.41) is 28.1. The first kappa shape index (κ1) is 45.1. The van der Waals surface area contributed by atoms with E-state index in [1.807, 2.05) is 0 Å². The number of methoxy groups -OCH3 is 2. The van der Waals surface area contributed by atoms with Crippen molar-refractivity contribution in [3.63, 3.8) is 0 Å². The fraction of sp³-hybridized carbons (Fsp3) is 0.587. The number of amides is 1. The van der Waals surface area contributed by atoms with E-state index in [1.165, 1.54) is 21.1 Å². The number of ether oxygens (including phenoxy) is 6. The highest BCUT2D eigenvalue weighted by Crippen LogP contribution is 2.66. The number of hydrogen-bond donors (Lipinski definition) is 3. The molecule has 1 aliphatic heterocycles. The standard InChI is InChI=1S/C46H59NO13/c1-25-31(58-40(52)36(50)35(28-19-15-12-16-20-28)47-41(53)60-42(3,4)5)23-46(54)29(21-30(49)27-17-13-11-14-18-27)38-44(8,39(51)37(56-10)34(25)43(46,6)7)32(55-9)22-33-45(38,24-57-33)59-26(2)48/h11-20,29,31-33,35-38,50,54H,21-24H2,1-10H3,(H,47,53)/t29-,31-,32-,33+,35-,36+,37+,38-,44+,45-,46+/m0/s1. The van der Waals surface area contributed by atoms with Crippen molar-refractivity contribution in [2.45, 2.75) is 128 Å². The van der Waals surface area contributed by atoms with Gasteiger partial charge in [-0.2, -0.15) is 0 Å². The van der Waals surface area contributed by atoms with Crippen molar-refractivity contribution >= 4 is 29.6 Å². The Bertz CT molecular complexity index is 2010. The first-order valence-electron chi connectivity index (χ1n) is 20.4. The predicted octanol–water partition coefficient (Wildman–Crippen LogP) is 5.23. The van der Waals surface area contributed by atoms with Gasteiger partial charge in [-0.25, -0.2) is 9.59 Å².